The average molecular weight is 437 g/mol. The number of rotatable bonds is 5. The Morgan fingerprint density at radius 2 is 1.61 bits per heavy atom. The third-order valence-corrected chi connectivity index (χ3v) is 8.31. The van der Waals surface area contributed by atoms with Gasteiger partial charge in [-0.3, -0.25) is 4.79 Å². The van der Waals surface area contributed by atoms with Gasteiger partial charge >= 0.3 is 0 Å². The van der Waals surface area contributed by atoms with E-state index in [1.54, 1.807) is 11.1 Å². The van der Waals surface area contributed by atoms with E-state index in [9.17, 15) is 4.79 Å². The van der Waals surface area contributed by atoms with Crippen LogP contribution in [0.1, 0.15) is 58.3 Å². The highest BCUT2D eigenvalue weighted by atomic mass is 16.1. The lowest BCUT2D eigenvalue weighted by Gasteiger charge is -2.40. The molecule has 1 aliphatic heterocycles. The number of benzene rings is 3. The standard InChI is InChI=1S/C30H32N2O/c33-29(26-11-5-10-25-24-9-3-1-8-23(24)21-27(25)26)31-17-6-18-32-19-15-30(16-20-32)14-13-22-7-2-4-12-28(22)30/h1-5,7-12H,6,13-21H2,(H,31,33). The first-order valence-corrected chi connectivity index (χ1v) is 12.5. The van der Waals surface area contributed by atoms with Gasteiger partial charge in [0.2, 0.25) is 0 Å². The van der Waals surface area contributed by atoms with Gasteiger partial charge in [-0.2, -0.15) is 0 Å². The minimum absolute atomic E-state index is 0.0693. The van der Waals surface area contributed by atoms with Gasteiger partial charge in [-0.25, -0.2) is 0 Å². The first-order valence-electron chi connectivity index (χ1n) is 12.5. The molecular weight excluding hydrogens is 404 g/mol. The molecule has 1 spiro atoms. The van der Waals surface area contributed by atoms with Crippen molar-refractivity contribution in [3.05, 3.63) is 94.5 Å². The minimum Gasteiger partial charge on any atom is -0.352 e. The molecule has 0 unspecified atom stereocenters. The van der Waals surface area contributed by atoms with E-state index < -0.39 is 0 Å². The number of carbonyl (C=O) groups excluding carboxylic acids is 1. The second-order valence-corrected chi connectivity index (χ2v) is 10.1. The monoisotopic (exact) mass is 436 g/mol. The Morgan fingerprint density at radius 1 is 0.848 bits per heavy atom. The van der Waals surface area contributed by atoms with E-state index in [-0.39, 0.29) is 5.91 Å². The summed E-state index contributed by atoms with van der Waals surface area (Å²) in [6.45, 7) is 4.15. The number of amides is 1. The third-order valence-electron chi connectivity index (χ3n) is 8.31. The molecule has 33 heavy (non-hydrogen) atoms. The molecule has 0 radical (unpaired) electrons. The predicted octanol–water partition coefficient (Wildman–Crippen LogP) is 5.36. The van der Waals surface area contributed by atoms with Crippen LogP contribution in [0, 0.1) is 0 Å². The van der Waals surface area contributed by atoms with E-state index in [1.807, 2.05) is 12.1 Å². The summed E-state index contributed by atoms with van der Waals surface area (Å²) in [5, 5.41) is 3.19. The van der Waals surface area contributed by atoms with Gasteiger partial charge in [0.25, 0.3) is 5.91 Å². The van der Waals surface area contributed by atoms with Crippen molar-refractivity contribution in [1.82, 2.24) is 10.2 Å². The summed E-state index contributed by atoms with van der Waals surface area (Å²) in [7, 11) is 0. The molecule has 0 atom stereocenters. The van der Waals surface area contributed by atoms with E-state index in [4.69, 9.17) is 0 Å². The molecular formula is C30H32N2O. The quantitative estimate of drug-likeness (QED) is 0.427. The zero-order valence-electron chi connectivity index (χ0n) is 19.3. The Morgan fingerprint density at radius 3 is 2.48 bits per heavy atom. The summed E-state index contributed by atoms with van der Waals surface area (Å²) in [4.78, 5) is 15.6. The highest BCUT2D eigenvalue weighted by Crippen LogP contribution is 2.46. The largest absolute Gasteiger partial charge is 0.352 e. The molecule has 6 rings (SSSR count). The van der Waals surface area contributed by atoms with Gasteiger partial charge < -0.3 is 10.2 Å². The molecule has 0 bridgehead atoms. The summed E-state index contributed by atoms with van der Waals surface area (Å²) in [6.07, 6.45) is 6.97. The zero-order valence-corrected chi connectivity index (χ0v) is 19.3. The van der Waals surface area contributed by atoms with Gasteiger partial charge in [0.15, 0.2) is 0 Å². The number of nitrogens with zero attached hydrogens (tertiary/aromatic N) is 1. The summed E-state index contributed by atoms with van der Waals surface area (Å²) in [5.74, 6) is 0.0693. The molecule has 168 valence electrons. The van der Waals surface area contributed by atoms with Crippen molar-refractivity contribution in [3.63, 3.8) is 0 Å². The third kappa shape index (κ3) is 3.69. The van der Waals surface area contributed by atoms with Crippen molar-refractivity contribution in [2.24, 2.45) is 0 Å². The molecule has 0 aromatic heterocycles. The van der Waals surface area contributed by atoms with Crippen LogP contribution in [-0.4, -0.2) is 37.0 Å². The number of hydrogen-bond acceptors (Lipinski definition) is 2. The van der Waals surface area contributed by atoms with Crippen molar-refractivity contribution >= 4 is 5.91 Å². The highest BCUT2D eigenvalue weighted by Gasteiger charge is 2.40. The van der Waals surface area contributed by atoms with E-state index in [0.717, 1.165) is 31.5 Å². The maximum absolute atomic E-state index is 13.0. The maximum atomic E-state index is 13.0. The van der Waals surface area contributed by atoms with Crippen LogP contribution in [0.15, 0.2) is 66.7 Å². The summed E-state index contributed by atoms with van der Waals surface area (Å²) in [5.41, 5.74) is 9.44. The van der Waals surface area contributed by atoms with Crippen LogP contribution in [0.3, 0.4) is 0 Å². The Kier molecular flexibility index (Phi) is 5.30. The van der Waals surface area contributed by atoms with Crippen molar-refractivity contribution in [3.8, 4) is 11.1 Å². The Hall–Kier alpha value is -2.91. The number of fused-ring (bicyclic) bond motifs is 5. The van der Waals surface area contributed by atoms with Crippen LogP contribution in [0.4, 0.5) is 0 Å². The van der Waals surface area contributed by atoms with Crippen molar-refractivity contribution in [2.45, 2.75) is 43.9 Å². The lowest BCUT2D eigenvalue weighted by Crippen LogP contribution is -2.42. The van der Waals surface area contributed by atoms with Crippen LogP contribution in [-0.2, 0) is 18.3 Å². The van der Waals surface area contributed by atoms with E-state index in [0.29, 0.717) is 5.41 Å². The van der Waals surface area contributed by atoms with E-state index >= 15 is 0 Å². The summed E-state index contributed by atoms with van der Waals surface area (Å²) >= 11 is 0. The molecule has 1 amide bonds. The van der Waals surface area contributed by atoms with Gasteiger partial charge in [-0.1, -0.05) is 60.7 Å². The van der Waals surface area contributed by atoms with Gasteiger partial charge in [0.05, 0.1) is 0 Å². The molecule has 1 fully saturated rings. The number of likely N-dealkylation sites (tertiary alicyclic amines) is 1. The maximum Gasteiger partial charge on any atom is 0.251 e. The van der Waals surface area contributed by atoms with Gasteiger partial charge in [-0.15, -0.1) is 0 Å². The normalized spacial score (nSPS) is 18.1. The number of piperidine rings is 1. The SMILES string of the molecule is O=C(NCCCN1CCC2(CCc3ccccc32)CC1)c1cccc2c1Cc1ccccc1-2. The van der Waals surface area contributed by atoms with E-state index in [1.165, 1.54) is 61.0 Å². The lowest BCUT2D eigenvalue weighted by atomic mass is 9.74. The van der Waals surface area contributed by atoms with Crippen LogP contribution in [0.25, 0.3) is 11.1 Å². The number of aryl methyl sites for hydroxylation is 1. The van der Waals surface area contributed by atoms with Gasteiger partial charge in [-0.05, 0) is 103 Å². The summed E-state index contributed by atoms with van der Waals surface area (Å²) in [6, 6.07) is 23.7. The van der Waals surface area contributed by atoms with Gasteiger partial charge in [0.1, 0.15) is 0 Å². The number of carbonyl (C=O) groups is 1. The second kappa shape index (κ2) is 8.46. The first kappa shape index (κ1) is 20.7. The Bertz CT molecular complexity index is 1190. The number of nitrogens with one attached hydrogen (secondary N) is 1. The molecule has 1 N–H and O–H groups in total. The van der Waals surface area contributed by atoms with Crippen molar-refractivity contribution in [1.29, 1.82) is 0 Å². The molecule has 3 aliphatic rings. The Labute approximate surface area is 196 Å². The molecule has 3 aromatic carbocycles. The molecule has 3 aromatic rings. The van der Waals surface area contributed by atoms with Crippen LogP contribution in [0.2, 0.25) is 0 Å². The van der Waals surface area contributed by atoms with Crippen molar-refractivity contribution < 1.29 is 4.79 Å². The highest BCUT2D eigenvalue weighted by molar-refractivity contribution is 5.99. The van der Waals surface area contributed by atoms with Crippen molar-refractivity contribution in [2.75, 3.05) is 26.2 Å². The van der Waals surface area contributed by atoms with Crippen LogP contribution in [0.5, 0.6) is 0 Å². The molecule has 3 nitrogen and oxygen atoms in total. The molecule has 1 heterocycles. The van der Waals surface area contributed by atoms with E-state index in [2.05, 4.69) is 64.8 Å². The predicted molar refractivity (Wildman–Crippen MR) is 134 cm³/mol. The number of hydrogen-bond donors (Lipinski definition) is 1. The topological polar surface area (TPSA) is 32.3 Å². The fourth-order valence-electron chi connectivity index (χ4n) is 6.46. The average Bonchev–Trinajstić information content (AvgIpc) is 3.42. The smallest absolute Gasteiger partial charge is 0.251 e. The fourth-order valence-corrected chi connectivity index (χ4v) is 6.46. The minimum atomic E-state index is 0.0693. The van der Waals surface area contributed by atoms with Gasteiger partial charge in [0, 0.05) is 12.1 Å². The molecule has 2 aliphatic carbocycles. The molecule has 1 saturated heterocycles. The lowest BCUT2D eigenvalue weighted by molar-refractivity contribution is 0.0949. The zero-order chi connectivity index (χ0) is 22.3. The molecule has 3 heteroatoms. The Balaban J connectivity index is 1.01. The second-order valence-electron chi connectivity index (χ2n) is 10.1. The first-order chi connectivity index (χ1) is 16.2. The van der Waals surface area contributed by atoms with Crippen LogP contribution < -0.4 is 5.32 Å². The van der Waals surface area contributed by atoms with Crippen LogP contribution >= 0.6 is 0 Å². The molecule has 0 saturated carbocycles. The fraction of sp³-hybridized carbons (Fsp3) is 0.367. The summed E-state index contributed by atoms with van der Waals surface area (Å²) < 4.78 is 0.